The van der Waals surface area contributed by atoms with Gasteiger partial charge in [0.1, 0.15) is 11.1 Å². The van der Waals surface area contributed by atoms with E-state index in [0.717, 1.165) is 6.42 Å². The summed E-state index contributed by atoms with van der Waals surface area (Å²) in [6.45, 7) is 0. The van der Waals surface area contributed by atoms with Crippen LogP contribution in [0.5, 0.6) is 0 Å². The van der Waals surface area contributed by atoms with E-state index in [-0.39, 0.29) is 0 Å². The van der Waals surface area contributed by atoms with Crippen molar-refractivity contribution < 1.29 is 19.8 Å². The minimum absolute atomic E-state index is 0.641. The van der Waals surface area contributed by atoms with Crippen molar-refractivity contribution in [2.24, 2.45) is 11.5 Å². The second-order valence-electron chi connectivity index (χ2n) is 4.28. The lowest BCUT2D eigenvalue weighted by molar-refractivity contribution is -0.146. The number of carboxylic acids is 2. The molecule has 0 unspecified atom stereocenters. The first-order valence-corrected chi connectivity index (χ1v) is 4.85. The molecule has 0 heterocycles. The summed E-state index contributed by atoms with van der Waals surface area (Å²) in [6.07, 6.45) is 3.53. The lowest BCUT2D eigenvalue weighted by atomic mass is 9.78. The number of rotatable bonds is 2. The minimum atomic E-state index is -0.868. The number of aliphatic carboxylic acids is 2. The molecule has 6 N–H and O–H groups in total. The number of hydrogen-bond donors (Lipinski definition) is 4. The molecule has 2 fully saturated rings. The van der Waals surface area contributed by atoms with Crippen LogP contribution < -0.4 is 11.5 Å². The molecule has 2 aliphatic rings. The van der Waals surface area contributed by atoms with Crippen molar-refractivity contribution in [3.63, 3.8) is 0 Å². The molecule has 2 rings (SSSR count). The van der Waals surface area contributed by atoms with Gasteiger partial charge in [-0.15, -0.1) is 0 Å². The van der Waals surface area contributed by atoms with Gasteiger partial charge in [-0.05, 0) is 32.1 Å². The van der Waals surface area contributed by atoms with Crippen LogP contribution in [0.2, 0.25) is 0 Å². The minimum Gasteiger partial charge on any atom is -0.480 e. The van der Waals surface area contributed by atoms with Gasteiger partial charge in [0.15, 0.2) is 0 Å². The maximum Gasteiger partial charge on any atom is 0.323 e. The van der Waals surface area contributed by atoms with Gasteiger partial charge in [0.2, 0.25) is 0 Å². The second kappa shape index (κ2) is 3.79. The highest BCUT2D eigenvalue weighted by atomic mass is 16.4. The molecule has 0 radical (unpaired) electrons. The van der Waals surface area contributed by atoms with Gasteiger partial charge in [0, 0.05) is 0 Å². The van der Waals surface area contributed by atoms with E-state index in [1.54, 1.807) is 0 Å². The van der Waals surface area contributed by atoms with Gasteiger partial charge in [-0.1, -0.05) is 0 Å². The first-order valence-electron chi connectivity index (χ1n) is 4.85. The molecule has 2 aliphatic carbocycles. The highest BCUT2D eigenvalue weighted by Crippen LogP contribution is 2.31. The molecule has 2 saturated carbocycles. The fraction of sp³-hybridized carbons (Fsp3) is 0.778. The van der Waals surface area contributed by atoms with E-state index < -0.39 is 23.0 Å². The molecule has 0 saturated heterocycles. The molecule has 6 heteroatoms. The maximum atomic E-state index is 10.2. The first kappa shape index (κ1) is 11.9. The third-order valence-corrected chi connectivity index (χ3v) is 2.89. The van der Waals surface area contributed by atoms with Crippen LogP contribution in [-0.2, 0) is 9.59 Å². The van der Waals surface area contributed by atoms with Crippen LogP contribution in [0.25, 0.3) is 0 Å². The zero-order chi connectivity index (χ0) is 11.7. The van der Waals surface area contributed by atoms with Crippen molar-refractivity contribution in [1.82, 2.24) is 0 Å². The van der Waals surface area contributed by atoms with Gasteiger partial charge in [-0.3, -0.25) is 9.59 Å². The molecule has 0 atom stereocenters. The van der Waals surface area contributed by atoms with Gasteiger partial charge >= 0.3 is 11.9 Å². The third kappa shape index (κ3) is 2.66. The SMILES string of the molecule is NC1(C(=O)O)CC1.NC1(C(=O)O)CCC1. The van der Waals surface area contributed by atoms with E-state index >= 15 is 0 Å². The molecule has 0 aromatic heterocycles. The van der Waals surface area contributed by atoms with Crippen molar-refractivity contribution in [1.29, 1.82) is 0 Å². The van der Waals surface area contributed by atoms with Gasteiger partial charge in [0.25, 0.3) is 0 Å². The molecule has 0 aliphatic heterocycles. The topological polar surface area (TPSA) is 127 Å². The van der Waals surface area contributed by atoms with Crippen molar-refractivity contribution in [2.45, 2.75) is 43.2 Å². The smallest absolute Gasteiger partial charge is 0.323 e. The van der Waals surface area contributed by atoms with Crippen molar-refractivity contribution in [3.05, 3.63) is 0 Å². The Kier molecular flexibility index (Phi) is 3.01. The number of nitrogens with two attached hydrogens (primary N) is 2. The average Bonchev–Trinajstić information content (AvgIpc) is 2.81. The van der Waals surface area contributed by atoms with Crippen LogP contribution in [0.3, 0.4) is 0 Å². The van der Waals surface area contributed by atoms with E-state index in [1.807, 2.05) is 0 Å². The van der Waals surface area contributed by atoms with Gasteiger partial charge in [-0.25, -0.2) is 0 Å². The van der Waals surface area contributed by atoms with Crippen molar-refractivity contribution in [3.8, 4) is 0 Å². The number of hydrogen-bond acceptors (Lipinski definition) is 4. The first-order chi connectivity index (χ1) is 6.80. The Hall–Kier alpha value is -1.14. The summed E-state index contributed by atoms with van der Waals surface area (Å²) in [5.74, 6) is -1.73. The Bertz CT molecular complexity index is 282. The average molecular weight is 216 g/mol. The van der Waals surface area contributed by atoms with Crippen molar-refractivity contribution >= 4 is 11.9 Å². The predicted octanol–water partition coefficient (Wildman–Crippen LogP) is -0.485. The third-order valence-electron chi connectivity index (χ3n) is 2.89. The molecular weight excluding hydrogens is 200 g/mol. The Morgan fingerprint density at radius 2 is 1.20 bits per heavy atom. The van der Waals surface area contributed by atoms with E-state index in [2.05, 4.69) is 0 Å². The predicted molar refractivity (Wildman–Crippen MR) is 52.2 cm³/mol. The molecular formula is C9H16N2O4. The normalized spacial score (nSPS) is 24.1. The Balaban J connectivity index is 0.000000151. The Morgan fingerprint density at radius 1 is 0.867 bits per heavy atom. The van der Waals surface area contributed by atoms with Crippen LogP contribution >= 0.6 is 0 Å². The summed E-state index contributed by atoms with van der Waals surface area (Å²) in [5, 5.41) is 16.6. The van der Waals surface area contributed by atoms with Crippen LogP contribution in [0.15, 0.2) is 0 Å². The second-order valence-corrected chi connectivity index (χ2v) is 4.28. The Labute approximate surface area is 87.2 Å². The van der Waals surface area contributed by atoms with Gasteiger partial charge < -0.3 is 21.7 Å². The summed E-state index contributed by atoms with van der Waals surface area (Å²) < 4.78 is 0. The summed E-state index contributed by atoms with van der Waals surface area (Å²) >= 11 is 0. The molecule has 15 heavy (non-hydrogen) atoms. The molecule has 0 bridgehead atoms. The highest BCUT2D eigenvalue weighted by Gasteiger charge is 2.46. The molecule has 0 amide bonds. The van der Waals surface area contributed by atoms with E-state index in [4.69, 9.17) is 21.7 Å². The molecule has 86 valence electrons. The highest BCUT2D eigenvalue weighted by molar-refractivity contribution is 5.81. The van der Waals surface area contributed by atoms with E-state index in [9.17, 15) is 9.59 Å². The van der Waals surface area contributed by atoms with Crippen LogP contribution in [0.1, 0.15) is 32.1 Å². The summed E-state index contributed by atoms with van der Waals surface area (Å²) in [6, 6.07) is 0. The van der Waals surface area contributed by atoms with Crippen LogP contribution in [0.4, 0.5) is 0 Å². The Morgan fingerprint density at radius 3 is 1.20 bits per heavy atom. The molecule has 0 aromatic carbocycles. The fourth-order valence-corrected chi connectivity index (χ4v) is 1.12. The van der Waals surface area contributed by atoms with Crippen molar-refractivity contribution in [2.75, 3.05) is 0 Å². The maximum absolute atomic E-state index is 10.2. The number of carbonyl (C=O) groups is 2. The summed E-state index contributed by atoms with van der Waals surface area (Å²) in [5.41, 5.74) is 8.84. The summed E-state index contributed by atoms with van der Waals surface area (Å²) in [7, 11) is 0. The standard InChI is InChI=1S/C5H9NO2.C4H7NO2/c6-5(4(7)8)2-1-3-5;5-4(1-2-4)3(6)7/h1-3,6H2,(H,7,8);1-2,5H2,(H,6,7). The van der Waals surface area contributed by atoms with Crippen LogP contribution in [0, 0.1) is 0 Å². The quantitative estimate of drug-likeness (QED) is 0.493. The molecule has 0 spiro atoms. The van der Waals surface area contributed by atoms with E-state index in [0.29, 0.717) is 25.7 Å². The lowest BCUT2D eigenvalue weighted by Gasteiger charge is -2.32. The zero-order valence-corrected chi connectivity index (χ0v) is 8.40. The summed E-state index contributed by atoms with van der Waals surface area (Å²) in [4.78, 5) is 20.1. The fourth-order valence-electron chi connectivity index (χ4n) is 1.12. The monoisotopic (exact) mass is 216 g/mol. The van der Waals surface area contributed by atoms with Gasteiger partial charge in [0.05, 0.1) is 0 Å². The number of carboxylic acid groups (broad SMARTS) is 2. The molecule has 6 nitrogen and oxygen atoms in total. The van der Waals surface area contributed by atoms with Gasteiger partial charge in [-0.2, -0.15) is 0 Å². The molecule has 0 aromatic rings. The van der Waals surface area contributed by atoms with E-state index in [1.165, 1.54) is 0 Å². The van der Waals surface area contributed by atoms with Crippen LogP contribution in [-0.4, -0.2) is 33.2 Å². The zero-order valence-electron chi connectivity index (χ0n) is 8.40. The largest absolute Gasteiger partial charge is 0.480 e. The lowest BCUT2D eigenvalue weighted by Crippen LogP contribution is -2.53.